The molecule has 1 aromatic rings. The van der Waals surface area contributed by atoms with E-state index in [1.807, 2.05) is 0 Å². The van der Waals surface area contributed by atoms with Crippen LogP contribution in [0.3, 0.4) is 0 Å². The van der Waals surface area contributed by atoms with Gasteiger partial charge >= 0.3 is 5.97 Å². The van der Waals surface area contributed by atoms with Gasteiger partial charge < -0.3 is 9.84 Å². The average molecular weight is 234 g/mol. The number of carboxylic acid groups (broad SMARTS) is 1. The fourth-order valence-electron chi connectivity index (χ4n) is 2.14. The molecule has 0 fully saturated rings. The molecule has 17 heavy (non-hydrogen) atoms. The van der Waals surface area contributed by atoms with Crippen LogP contribution in [0.5, 0.6) is 5.75 Å². The Morgan fingerprint density at radius 2 is 2.24 bits per heavy atom. The van der Waals surface area contributed by atoms with Gasteiger partial charge in [0, 0.05) is 12.0 Å². The van der Waals surface area contributed by atoms with Crippen LogP contribution < -0.4 is 4.74 Å². The molecular formula is C13H14O4. The quantitative estimate of drug-likeness (QED) is 0.794. The van der Waals surface area contributed by atoms with Gasteiger partial charge in [-0.15, -0.1) is 0 Å². The van der Waals surface area contributed by atoms with E-state index in [9.17, 15) is 9.59 Å². The maximum Gasteiger partial charge on any atom is 0.306 e. The molecule has 0 amide bonds. The summed E-state index contributed by atoms with van der Waals surface area (Å²) in [5, 5.41) is 9.04. The SMILES string of the molecule is COc1ccc2c(c1)C(=O)CCC(C(=O)O)C2. The average Bonchev–Trinajstić information content (AvgIpc) is 2.49. The van der Waals surface area contributed by atoms with E-state index in [1.165, 1.54) is 0 Å². The van der Waals surface area contributed by atoms with Gasteiger partial charge in [-0.25, -0.2) is 0 Å². The van der Waals surface area contributed by atoms with Gasteiger partial charge in [0.05, 0.1) is 13.0 Å². The topological polar surface area (TPSA) is 63.6 Å². The highest BCUT2D eigenvalue weighted by Gasteiger charge is 2.26. The molecule has 0 heterocycles. The molecule has 4 heteroatoms. The number of Topliss-reactive ketones (excluding diaryl/α,β-unsaturated/α-hetero) is 1. The third-order valence-corrected chi connectivity index (χ3v) is 3.15. The summed E-state index contributed by atoms with van der Waals surface area (Å²) in [6.45, 7) is 0. The van der Waals surface area contributed by atoms with E-state index >= 15 is 0 Å². The minimum atomic E-state index is -0.832. The van der Waals surface area contributed by atoms with E-state index in [4.69, 9.17) is 9.84 Å². The number of carbonyl (C=O) groups excluding carboxylic acids is 1. The third kappa shape index (κ3) is 2.30. The summed E-state index contributed by atoms with van der Waals surface area (Å²) in [6, 6.07) is 5.24. The first kappa shape index (κ1) is 11.6. The number of ketones is 1. The zero-order valence-corrected chi connectivity index (χ0v) is 9.60. The zero-order chi connectivity index (χ0) is 12.4. The molecule has 0 radical (unpaired) electrons. The number of carbonyl (C=O) groups is 2. The van der Waals surface area contributed by atoms with Crippen molar-refractivity contribution in [3.05, 3.63) is 29.3 Å². The molecule has 0 saturated heterocycles. The maximum absolute atomic E-state index is 11.9. The van der Waals surface area contributed by atoms with Crippen LogP contribution in [0.15, 0.2) is 18.2 Å². The highest BCUT2D eigenvalue weighted by molar-refractivity contribution is 5.98. The Morgan fingerprint density at radius 3 is 2.88 bits per heavy atom. The van der Waals surface area contributed by atoms with Gasteiger partial charge in [0.1, 0.15) is 5.75 Å². The van der Waals surface area contributed by atoms with Crippen molar-refractivity contribution in [1.82, 2.24) is 0 Å². The van der Waals surface area contributed by atoms with Gasteiger partial charge in [-0.05, 0) is 30.5 Å². The lowest BCUT2D eigenvalue weighted by molar-refractivity contribution is -0.141. The predicted molar refractivity (Wildman–Crippen MR) is 61.4 cm³/mol. The number of hydrogen-bond donors (Lipinski definition) is 1. The van der Waals surface area contributed by atoms with Gasteiger partial charge in [0.15, 0.2) is 5.78 Å². The molecule has 0 spiro atoms. The fourth-order valence-corrected chi connectivity index (χ4v) is 2.14. The number of benzene rings is 1. The van der Waals surface area contributed by atoms with E-state index in [0.717, 1.165) is 5.56 Å². The Morgan fingerprint density at radius 1 is 1.47 bits per heavy atom. The standard InChI is InChI=1S/C13H14O4/c1-17-10-4-2-8-6-9(13(15)16)3-5-12(14)11(8)7-10/h2,4,7,9H,3,5-6H2,1H3,(H,15,16). The minimum absolute atomic E-state index is 0.00245. The lowest BCUT2D eigenvalue weighted by Gasteiger charge is -2.09. The molecule has 1 aliphatic rings. The Labute approximate surface area is 99.2 Å². The molecule has 0 bridgehead atoms. The van der Waals surface area contributed by atoms with Crippen molar-refractivity contribution in [2.24, 2.45) is 5.92 Å². The van der Waals surface area contributed by atoms with E-state index in [2.05, 4.69) is 0 Å². The molecule has 1 atom stereocenters. The van der Waals surface area contributed by atoms with Crippen molar-refractivity contribution in [1.29, 1.82) is 0 Å². The summed E-state index contributed by atoms with van der Waals surface area (Å²) in [4.78, 5) is 22.9. The molecule has 0 saturated carbocycles. The van der Waals surface area contributed by atoms with Crippen LogP contribution in [0.1, 0.15) is 28.8 Å². The van der Waals surface area contributed by atoms with Crippen molar-refractivity contribution < 1.29 is 19.4 Å². The van der Waals surface area contributed by atoms with Gasteiger partial charge in [-0.1, -0.05) is 6.07 Å². The summed E-state index contributed by atoms with van der Waals surface area (Å²) in [6.07, 6.45) is 1.11. The van der Waals surface area contributed by atoms with Crippen LogP contribution in [-0.2, 0) is 11.2 Å². The molecule has 1 unspecified atom stereocenters. The second-order valence-corrected chi connectivity index (χ2v) is 4.22. The number of fused-ring (bicyclic) bond motifs is 1. The van der Waals surface area contributed by atoms with Crippen molar-refractivity contribution in [3.8, 4) is 5.75 Å². The lowest BCUT2D eigenvalue weighted by atomic mass is 9.97. The highest BCUT2D eigenvalue weighted by atomic mass is 16.5. The molecule has 90 valence electrons. The van der Waals surface area contributed by atoms with Crippen LogP contribution >= 0.6 is 0 Å². The number of carboxylic acids is 1. The molecule has 1 aromatic carbocycles. The summed E-state index contributed by atoms with van der Waals surface area (Å²) in [5.41, 5.74) is 1.41. The molecule has 4 nitrogen and oxygen atoms in total. The first-order chi connectivity index (χ1) is 8.11. The Balaban J connectivity index is 2.39. The molecular weight excluding hydrogens is 220 g/mol. The summed E-state index contributed by atoms with van der Waals surface area (Å²) in [7, 11) is 1.54. The van der Waals surface area contributed by atoms with Crippen LogP contribution in [0.2, 0.25) is 0 Å². The normalized spacial score (nSPS) is 19.4. The third-order valence-electron chi connectivity index (χ3n) is 3.15. The van der Waals surface area contributed by atoms with Crippen LogP contribution in [0.25, 0.3) is 0 Å². The first-order valence-corrected chi connectivity index (χ1v) is 5.54. The monoisotopic (exact) mass is 234 g/mol. The van der Waals surface area contributed by atoms with Crippen LogP contribution in [0.4, 0.5) is 0 Å². The van der Waals surface area contributed by atoms with E-state index < -0.39 is 11.9 Å². The summed E-state index contributed by atoms with van der Waals surface area (Å²) >= 11 is 0. The van der Waals surface area contributed by atoms with E-state index in [1.54, 1.807) is 25.3 Å². The van der Waals surface area contributed by atoms with Gasteiger partial charge in [-0.3, -0.25) is 9.59 Å². The Bertz CT molecular complexity index is 464. The van der Waals surface area contributed by atoms with Gasteiger partial charge in [-0.2, -0.15) is 0 Å². The largest absolute Gasteiger partial charge is 0.497 e. The number of ether oxygens (including phenoxy) is 1. The first-order valence-electron chi connectivity index (χ1n) is 5.54. The minimum Gasteiger partial charge on any atom is -0.497 e. The second kappa shape index (κ2) is 4.57. The molecule has 2 rings (SSSR count). The molecule has 0 aromatic heterocycles. The van der Waals surface area contributed by atoms with Crippen molar-refractivity contribution in [2.75, 3.05) is 7.11 Å². The smallest absolute Gasteiger partial charge is 0.306 e. The lowest BCUT2D eigenvalue weighted by Crippen LogP contribution is -2.15. The summed E-state index contributed by atoms with van der Waals surface area (Å²) < 4.78 is 5.08. The Kier molecular flexibility index (Phi) is 3.13. The highest BCUT2D eigenvalue weighted by Crippen LogP contribution is 2.27. The zero-order valence-electron chi connectivity index (χ0n) is 9.60. The van der Waals surface area contributed by atoms with E-state index in [0.29, 0.717) is 24.2 Å². The molecule has 0 aliphatic heterocycles. The number of methoxy groups -OCH3 is 1. The van der Waals surface area contributed by atoms with Gasteiger partial charge in [0.25, 0.3) is 0 Å². The van der Waals surface area contributed by atoms with Crippen LogP contribution in [0, 0.1) is 5.92 Å². The van der Waals surface area contributed by atoms with Crippen molar-refractivity contribution in [3.63, 3.8) is 0 Å². The van der Waals surface area contributed by atoms with Gasteiger partial charge in [0.2, 0.25) is 0 Å². The number of aliphatic carboxylic acids is 1. The van der Waals surface area contributed by atoms with E-state index in [-0.39, 0.29) is 12.2 Å². The predicted octanol–water partition coefficient (Wildman–Crippen LogP) is 1.91. The molecule has 1 N–H and O–H groups in total. The maximum atomic E-state index is 11.9. The molecule has 1 aliphatic carbocycles. The Hall–Kier alpha value is -1.84. The second-order valence-electron chi connectivity index (χ2n) is 4.22. The summed E-state index contributed by atoms with van der Waals surface area (Å²) in [5.74, 6) is -0.663. The van der Waals surface area contributed by atoms with Crippen molar-refractivity contribution >= 4 is 11.8 Å². The van der Waals surface area contributed by atoms with Crippen LogP contribution in [-0.4, -0.2) is 24.0 Å². The number of hydrogen-bond acceptors (Lipinski definition) is 3. The number of rotatable bonds is 2. The fraction of sp³-hybridized carbons (Fsp3) is 0.385. The van der Waals surface area contributed by atoms with Crippen molar-refractivity contribution in [2.45, 2.75) is 19.3 Å².